The third-order valence-corrected chi connectivity index (χ3v) is 4.82. The van der Waals surface area contributed by atoms with Crippen LogP contribution in [0.2, 0.25) is 0 Å². The molecule has 0 saturated heterocycles. The molecule has 1 rings (SSSR count). The van der Waals surface area contributed by atoms with Gasteiger partial charge in [0, 0.05) is 24.2 Å². The van der Waals surface area contributed by atoms with Crippen LogP contribution in [0.4, 0.5) is 0 Å². The van der Waals surface area contributed by atoms with Gasteiger partial charge in [0.15, 0.2) is 5.03 Å². The molecule has 0 aliphatic rings. The van der Waals surface area contributed by atoms with Crippen LogP contribution in [0.1, 0.15) is 27.2 Å². The topological polar surface area (TPSA) is 64.0 Å². The van der Waals surface area contributed by atoms with Crippen LogP contribution in [0.15, 0.2) is 17.6 Å². The zero-order valence-electron chi connectivity index (χ0n) is 10.3. The van der Waals surface area contributed by atoms with Crippen LogP contribution >= 0.6 is 11.6 Å². The lowest BCUT2D eigenvalue weighted by Gasteiger charge is -2.25. The average Bonchev–Trinajstić information content (AvgIpc) is 2.77. The summed E-state index contributed by atoms with van der Waals surface area (Å²) in [4.78, 5) is 3.88. The fourth-order valence-corrected chi connectivity index (χ4v) is 2.99. The van der Waals surface area contributed by atoms with E-state index in [1.54, 1.807) is 11.5 Å². The van der Waals surface area contributed by atoms with Crippen LogP contribution in [0.3, 0.4) is 0 Å². The summed E-state index contributed by atoms with van der Waals surface area (Å²) in [5.41, 5.74) is -0.642. The van der Waals surface area contributed by atoms with Gasteiger partial charge < -0.3 is 4.57 Å². The quantitative estimate of drug-likeness (QED) is 0.804. The Hall–Kier alpha value is -0.590. The molecule has 7 heteroatoms. The molecule has 0 aliphatic heterocycles. The first-order valence-corrected chi connectivity index (χ1v) is 7.50. The van der Waals surface area contributed by atoms with Crippen molar-refractivity contribution in [2.75, 3.05) is 5.88 Å². The summed E-state index contributed by atoms with van der Waals surface area (Å²) >= 11 is 5.78. The fourth-order valence-electron chi connectivity index (χ4n) is 1.22. The largest absolute Gasteiger partial charge is 0.336 e. The first-order valence-electron chi connectivity index (χ1n) is 5.48. The molecule has 0 aromatic carbocycles. The smallest absolute Gasteiger partial charge is 0.260 e. The lowest BCUT2D eigenvalue weighted by molar-refractivity contribution is 0.443. The summed E-state index contributed by atoms with van der Waals surface area (Å²) in [5.74, 6) is 0.219. The molecule has 0 spiro atoms. The summed E-state index contributed by atoms with van der Waals surface area (Å²) in [6.07, 6.45) is 3.62. The number of aryl methyl sites for hydroxylation is 1. The SMILES string of the molecule is CCn1cnc(S(=O)(=O)NC(C)(CC)CCl)c1. The number of nitrogens with one attached hydrogen (secondary N) is 1. The van der Waals surface area contributed by atoms with Gasteiger partial charge in [-0.05, 0) is 20.3 Å². The molecule has 98 valence electrons. The highest BCUT2D eigenvalue weighted by molar-refractivity contribution is 7.89. The number of sulfonamides is 1. The molecule has 1 N–H and O–H groups in total. The number of imidazole rings is 1. The van der Waals surface area contributed by atoms with Gasteiger partial charge in [0.2, 0.25) is 0 Å². The van der Waals surface area contributed by atoms with E-state index in [1.165, 1.54) is 12.5 Å². The summed E-state index contributed by atoms with van der Waals surface area (Å²) in [6, 6.07) is 0. The van der Waals surface area contributed by atoms with Gasteiger partial charge >= 0.3 is 0 Å². The van der Waals surface area contributed by atoms with E-state index in [4.69, 9.17) is 11.6 Å². The van der Waals surface area contributed by atoms with Gasteiger partial charge in [0.25, 0.3) is 10.0 Å². The highest BCUT2D eigenvalue weighted by atomic mass is 35.5. The number of nitrogens with zero attached hydrogens (tertiary/aromatic N) is 2. The minimum Gasteiger partial charge on any atom is -0.336 e. The van der Waals surface area contributed by atoms with Crippen molar-refractivity contribution in [2.45, 2.75) is 44.3 Å². The van der Waals surface area contributed by atoms with Crippen LogP contribution in [0.25, 0.3) is 0 Å². The van der Waals surface area contributed by atoms with Crippen molar-refractivity contribution >= 4 is 21.6 Å². The average molecular weight is 280 g/mol. The highest BCUT2D eigenvalue weighted by Crippen LogP contribution is 2.16. The predicted octanol–water partition coefficient (Wildman–Crippen LogP) is 1.59. The molecule has 1 aromatic rings. The Labute approximate surface area is 107 Å². The van der Waals surface area contributed by atoms with Gasteiger partial charge in [-0.15, -0.1) is 11.6 Å². The molecule has 5 nitrogen and oxygen atoms in total. The maximum atomic E-state index is 12.0. The van der Waals surface area contributed by atoms with Gasteiger partial charge in [-0.2, -0.15) is 0 Å². The maximum Gasteiger partial charge on any atom is 0.260 e. The van der Waals surface area contributed by atoms with Gasteiger partial charge in [0.05, 0.1) is 6.33 Å². The first kappa shape index (κ1) is 14.5. The van der Waals surface area contributed by atoms with Gasteiger partial charge in [-0.25, -0.2) is 18.1 Å². The molecule has 0 saturated carbocycles. The third kappa shape index (κ3) is 3.43. The summed E-state index contributed by atoms with van der Waals surface area (Å²) < 4.78 is 28.4. The molecule has 0 bridgehead atoms. The number of hydrogen-bond acceptors (Lipinski definition) is 3. The number of halogens is 1. The minimum atomic E-state index is -3.60. The molecule has 1 aromatic heterocycles. The monoisotopic (exact) mass is 279 g/mol. The number of aromatic nitrogens is 2. The molecule has 0 amide bonds. The molecule has 1 unspecified atom stereocenters. The van der Waals surface area contributed by atoms with E-state index in [0.29, 0.717) is 13.0 Å². The lowest BCUT2D eigenvalue weighted by atomic mass is 10.0. The molecule has 0 radical (unpaired) electrons. The van der Waals surface area contributed by atoms with Gasteiger partial charge in [0.1, 0.15) is 0 Å². The van der Waals surface area contributed by atoms with Crippen molar-refractivity contribution in [1.29, 1.82) is 0 Å². The van der Waals surface area contributed by atoms with Crippen LogP contribution in [0.5, 0.6) is 0 Å². The normalized spacial score (nSPS) is 15.8. The Bertz CT molecular complexity index is 466. The molecule has 0 fully saturated rings. The molecule has 17 heavy (non-hydrogen) atoms. The Kier molecular flexibility index (Phi) is 4.57. The standard InChI is InChI=1S/C10H18ClN3O2S/c1-4-10(3,7-11)13-17(15,16)9-6-14(5-2)8-12-9/h6,8,13H,4-5,7H2,1-3H3. The Morgan fingerprint density at radius 3 is 2.59 bits per heavy atom. The summed E-state index contributed by atoms with van der Waals surface area (Å²) in [6.45, 7) is 6.26. The van der Waals surface area contributed by atoms with E-state index >= 15 is 0 Å². The third-order valence-electron chi connectivity index (χ3n) is 2.71. The Morgan fingerprint density at radius 1 is 1.53 bits per heavy atom. The van der Waals surface area contributed by atoms with Crippen molar-refractivity contribution in [3.8, 4) is 0 Å². The van der Waals surface area contributed by atoms with Crippen molar-refractivity contribution in [1.82, 2.24) is 14.3 Å². The second-order valence-electron chi connectivity index (χ2n) is 4.20. The van der Waals surface area contributed by atoms with Gasteiger partial charge in [-0.1, -0.05) is 6.92 Å². The fraction of sp³-hybridized carbons (Fsp3) is 0.700. The van der Waals surface area contributed by atoms with E-state index in [2.05, 4.69) is 9.71 Å². The van der Waals surface area contributed by atoms with E-state index in [0.717, 1.165) is 0 Å². The number of rotatable bonds is 6. The van der Waals surface area contributed by atoms with Crippen molar-refractivity contribution in [2.24, 2.45) is 0 Å². The minimum absolute atomic E-state index is 0.0316. The predicted molar refractivity (Wildman–Crippen MR) is 67.6 cm³/mol. The molecule has 1 atom stereocenters. The van der Waals surface area contributed by atoms with E-state index < -0.39 is 15.6 Å². The van der Waals surface area contributed by atoms with Gasteiger partial charge in [-0.3, -0.25) is 0 Å². The Morgan fingerprint density at radius 2 is 2.18 bits per heavy atom. The maximum absolute atomic E-state index is 12.0. The first-order chi connectivity index (χ1) is 7.87. The van der Waals surface area contributed by atoms with Crippen LogP contribution < -0.4 is 4.72 Å². The van der Waals surface area contributed by atoms with E-state index in [9.17, 15) is 8.42 Å². The molecular weight excluding hydrogens is 262 g/mol. The summed E-state index contributed by atoms with van der Waals surface area (Å²) in [7, 11) is -3.60. The van der Waals surface area contributed by atoms with E-state index in [1.807, 2.05) is 13.8 Å². The van der Waals surface area contributed by atoms with Crippen molar-refractivity contribution in [3.05, 3.63) is 12.5 Å². The molecular formula is C10H18ClN3O2S. The summed E-state index contributed by atoms with van der Waals surface area (Å²) in [5, 5.41) is 0.0316. The van der Waals surface area contributed by atoms with Crippen molar-refractivity contribution < 1.29 is 8.42 Å². The Balaban J connectivity index is 2.96. The number of alkyl halides is 1. The zero-order chi connectivity index (χ0) is 13.1. The van der Waals surface area contributed by atoms with Crippen LogP contribution in [0, 0.1) is 0 Å². The molecule has 0 aliphatic carbocycles. The lowest BCUT2D eigenvalue weighted by Crippen LogP contribution is -2.47. The van der Waals surface area contributed by atoms with E-state index in [-0.39, 0.29) is 10.9 Å². The van der Waals surface area contributed by atoms with Crippen molar-refractivity contribution in [3.63, 3.8) is 0 Å². The number of hydrogen-bond donors (Lipinski definition) is 1. The highest BCUT2D eigenvalue weighted by Gasteiger charge is 2.29. The van der Waals surface area contributed by atoms with Crippen LogP contribution in [-0.2, 0) is 16.6 Å². The van der Waals surface area contributed by atoms with Crippen LogP contribution in [-0.4, -0.2) is 29.4 Å². The second-order valence-corrected chi connectivity index (χ2v) is 6.09. The second kappa shape index (κ2) is 5.37. The zero-order valence-corrected chi connectivity index (χ0v) is 11.8. The molecule has 1 heterocycles.